The van der Waals surface area contributed by atoms with E-state index >= 15 is 0 Å². The number of ether oxygens (including phenoxy) is 1. The normalized spacial score (nSPS) is 13.5. The maximum atomic E-state index is 12.2. The van der Waals surface area contributed by atoms with Crippen LogP contribution in [-0.2, 0) is 0 Å². The third kappa shape index (κ3) is 2.23. The Kier molecular flexibility index (Phi) is 3.31. The number of nitrogens with zero attached hydrogens (tertiary/aromatic N) is 1. The summed E-state index contributed by atoms with van der Waals surface area (Å²) in [4.78, 5) is 24.9. The van der Waals surface area contributed by atoms with Crippen molar-refractivity contribution in [2.75, 3.05) is 7.11 Å². The number of phenols is 1. The van der Waals surface area contributed by atoms with Crippen LogP contribution in [0.2, 0.25) is 0 Å². The molecule has 1 aliphatic rings. The molecule has 0 bridgehead atoms. The summed E-state index contributed by atoms with van der Waals surface area (Å²) in [5.41, 5.74) is 0.756. The average Bonchev–Trinajstić information content (AvgIpc) is 2.74. The molecule has 0 fully saturated rings. The minimum absolute atomic E-state index is 0.0455. The van der Waals surface area contributed by atoms with E-state index in [1.54, 1.807) is 36.4 Å². The fourth-order valence-corrected chi connectivity index (χ4v) is 2.89. The number of rotatable bonds is 3. The van der Waals surface area contributed by atoms with Crippen LogP contribution in [-0.4, -0.2) is 28.3 Å². The number of aromatic hydroxyl groups is 1. The van der Waals surface area contributed by atoms with Crippen molar-refractivity contribution in [1.29, 1.82) is 0 Å². The molecule has 1 N–H and O–H groups in total. The Morgan fingerprint density at radius 2 is 1.67 bits per heavy atom. The summed E-state index contributed by atoms with van der Waals surface area (Å²) in [5, 5.41) is 9.92. The fraction of sp³-hybridized carbons (Fsp3) is 0.0667. The predicted octanol–water partition coefficient (Wildman–Crippen LogP) is 2.70. The van der Waals surface area contributed by atoms with E-state index in [0.29, 0.717) is 21.8 Å². The van der Waals surface area contributed by atoms with E-state index in [9.17, 15) is 14.7 Å². The molecular formula is C15H11NO4S. The van der Waals surface area contributed by atoms with Gasteiger partial charge in [-0.3, -0.25) is 9.59 Å². The van der Waals surface area contributed by atoms with Crippen LogP contribution >= 0.6 is 11.9 Å². The monoisotopic (exact) mass is 301 g/mol. The first-order valence-electron chi connectivity index (χ1n) is 6.14. The molecular weight excluding hydrogens is 290 g/mol. The Bertz CT molecular complexity index is 709. The lowest BCUT2D eigenvalue weighted by Gasteiger charge is -2.13. The highest BCUT2D eigenvalue weighted by molar-refractivity contribution is 7.98. The molecule has 106 valence electrons. The molecule has 0 aromatic heterocycles. The SMILES string of the molecule is COc1ccc(SN2C(=O)c3ccccc3C2=O)c(O)c1. The van der Waals surface area contributed by atoms with E-state index in [4.69, 9.17) is 4.74 Å². The lowest BCUT2D eigenvalue weighted by Crippen LogP contribution is -2.21. The summed E-state index contributed by atoms with van der Waals surface area (Å²) in [7, 11) is 1.49. The number of imide groups is 1. The molecule has 2 aromatic carbocycles. The van der Waals surface area contributed by atoms with Gasteiger partial charge in [-0.2, -0.15) is 0 Å². The molecule has 5 nitrogen and oxygen atoms in total. The van der Waals surface area contributed by atoms with Crippen molar-refractivity contribution < 1.29 is 19.4 Å². The standard InChI is InChI=1S/C15H11NO4S/c1-20-9-6-7-13(12(17)8-9)21-16-14(18)10-4-2-3-5-11(10)15(16)19/h2-8,17H,1H3. The van der Waals surface area contributed by atoms with E-state index in [1.807, 2.05) is 0 Å². The van der Waals surface area contributed by atoms with Crippen LogP contribution in [0.4, 0.5) is 0 Å². The molecule has 3 rings (SSSR count). The molecule has 0 aliphatic carbocycles. The summed E-state index contributed by atoms with van der Waals surface area (Å²) in [6, 6.07) is 11.3. The summed E-state index contributed by atoms with van der Waals surface area (Å²) >= 11 is 0.898. The average molecular weight is 301 g/mol. The van der Waals surface area contributed by atoms with Crippen LogP contribution in [0.15, 0.2) is 47.4 Å². The number of phenolic OH excluding ortho intramolecular Hbond substituents is 1. The van der Waals surface area contributed by atoms with E-state index in [0.717, 1.165) is 16.3 Å². The molecule has 0 saturated heterocycles. The first kappa shape index (κ1) is 13.5. The van der Waals surface area contributed by atoms with Crippen molar-refractivity contribution in [2.45, 2.75) is 4.90 Å². The van der Waals surface area contributed by atoms with Crippen molar-refractivity contribution in [3.05, 3.63) is 53.6 Å². The highest BCUT2D eigenvalue weighted by Gasteiger charge is 2.36. The molecule has 2 amide bonds. The minimum atomic E-state index is -0.379. The van der Waals surface area contributed by atoms with Crippen molar-refractivity contribution in [3.8, 4) is 11.5 Å². The molecule has 0 saturated carbocycles. The smallest absolute Gasteiger partial charge is 0.272 e. The Morgan fingerprint density at radius 3 is 2.19 bits per heavy atom. The lowest BCUT2D eigenvalue weighted by molar-refractivity contribution is 0.0777. The highest BCUT2D eigenvalue weighted by Crippen LogP contribution is 2.38. The van der Waals surface area contributed by atoms with Crippen molar-refractivity contribution in [2.24, 2.45) is 0 Å². The molecule has 1 heterocycles. The number of hydrogen-bond acceptors (Lipinski definition) is 5. The molecule has 6 heteroatoms. The Labute approximate surface area is 125 Å². The quantitative estimate of drug-likeness (QED) is 0.697. The topological polar surface area (TPSA) is 66.8 Å². The minimum Gasteiger partial charge on any atom is -0.507 e. The molecule has 0 atom stereocenters. The number of benzene rings is 2. The number of carbonyl (C=O) groups excluding carboxylic acids is 2. The highest BCUT2D eigenvalue weighted by atomic mass is 32.2. The van der Waals surface area contributed by atoms with Gasteiger partial charge in [0.1, 0.15) is 11.5 Å². The second-order valence-corrected chi connectivity index (χ2v) is 5.36. The molecule has 0 spiro atoms. The Morgan fingerprint density at radius 1 is 1.05 bits per heavy atom. The lowest BCUT2D eigenvalue weighted by atomic mass is 10.1. The maximum absolute atomic E-state index is 12.2. The largest absolute Gasteiger partial charge is 0.507 e. The van der Waals surface area contributed by atoms with Gasteiger partial charge in [-0.1, -0.05) is 12.1 Å². The number of hydrogen-bond donors (Lipinski definition) is 1. The second-order valence-electron chi connectivity index (χ2n) is 4.38. The summed E-state index contributed by atoms with van der Waals surface area (Å²) in [6.07, 6.45) is 0. The van der Waals surface area contributed by atoms with Gasteiger partial charge >= 0.3 is 0 Å². The van der Waals surface area contributed by atoms with Gasteiger partial charge in [0.05, 0.1) is 23.1 Å². The van der Waals surface area contributed by atoms with E-state index in [-0.39, 0.29) is 17.6 Å². The van der Waals surface area contributed by atoms with Gasteiger partial charge in [0.2, 0.25) is 0 Å². The molecule has 0 unspecified atom stereocenters. The molecule has 0 radical (unpaired) electrons. The van der Waals surface area contributed by atoms with Gasteiger partial charge in [-0.25, -0.2) is 4.31 Å². The van der Waals surface area contributed by atoms with E-state index < -0.39 is 0 Å². The van der Waals surface area contributed by atoms with Crippen LogP contribution in [0.25, 0.3) is 0 Å². The van der Waals surface area contributed by atoms with Crippen LogP contribution in [0.5, 0.6) is 11.5 Å². The van der Waals surface area contributed by atoms with Crippen LogP contribution in [0, 0.1) is 0 Å². The second kappa shape index (κ2) is 5.14. The number of amides is 2. The zero-order valence-corrected chi connectivity index (χ0v) is 11.9. The zero-order valence-electron chi connectivity index (χ0n) is 11.1. The third-order valence-electron chi connectivity index (χ3n) is 3.11. The maximum Gasteiger partial charge on any atom is 0.272 e. The van der Waals surface area contributed by atoms with Crippen LogP contribution < -0.4 is 4.74 Å². The summed E-state index contributed by atoms with van der Waals surface area (Å²) in [6.45, 7) is 0. The predicted molar refractivity (Wildman–Crippen MR) is 77.5 cm³/mol. The van der Waals surface area contributed by atoms with Crippen LogP contribution in [0.3, 0.4) is 0 Å². The zero-order chi connectivity index (χ0) is 15.0. The summed E-state index contributed by atoms with van der Waals surface area (Å²) < 4.78 is 6.04. The number of methoxy groups -OCH3 is 1. The molecule has 21 heavy (non-hydrogen) atoms. The van der Waals surface area contributed by atoms with Gasteiger partial charge in [0, 0.05) is 18.0 Å². The van der Waals surface area contributed by atoms with Gasteiger partial charge in [-0.05, 0) is 24.3 Å². The molecule has 2 aromatic rings. The van der Waals surface area contributed by atoms with Gasteiger partial charge in [-0.15, -0.1) is 0 Å². The van der Waals surface area contributed by atoms with Crippen molar-refractivity contribution >= 4 is 23.8 Å². The molecule has 1 aliphatic heterocycles. The van der Waals surface area contributed by atoms with Gasteiger partial charge < -0.3 is 9.84 Å². The van der Waals surface area contributed by atoms with Crippen LogP contribution in [0.1, 0.15) is 20.7 Å². The van der Waals surface area contributed by atoms with Crippen molar-refractivity contribution in [3.63, 3.8) is 0 Å². The van der Waals surface area contributed by atoms with Crippen molar-refractivity contribution in [1.82, 2.24) is 4.31 Å². The Hall–Kier alpha value is -2.47. The first-order chi connectivity index (χ1) is 10.1. The number of fused-ring (bicyclic) bond motifs is 1. The summed E-state index contributed by atoms with van der Waals surface area (Å²) in [5.74, 6) is -0.304. The van der Waals surface area contributed by atoms with E-state index in [2.05, 4.69) is 0 Å². The first-order valence-corrected chi connectivity index (χ1v) is 6.92. The fourth-order valence-electron chi connectivity index (χ4n) is 2.05. The Balaban J connectivity index is 1.90. The number of carbonyl (C=O) groups is 2. The van der Waals surface area contributed by atoms with E-state index in [1.165, 1.54) is 13.2 Å². The van der Waals surface area contributed by atoms with Gasteiger partial charge in [0.25, 0.3) is 11.8 Å². The van der Waals surface area contributed by atoms with Gasteiger partial charge in [0.15, 0.2) is 0 Å². The third-order valence-corrected chi connectivity index (χ3v) is 4.17.